The van der Waals surface area contributed by atoms with Crippen molar-refractivity contribution in [1.82, 2.24) is 0 Å². The summed E-state index contributed by atoms with van der Waals surface area (Å²) in [4.78, 5) is 3.39. The summed E-state index contributed by atoms with van der Waals surface area (Å²) in [6.45, 7) is 0. The molecule has 0 aromatic heterocycles. The third-order valence-corrected chi connectivity index (χ3v) is 4.11. The molecule has 0 aliphatic rings. The van der Waals surface area contributed by atoms with Gasteiger partial charge in [-0.05, 0) is 23.4 Å². The molecule has 1 aromatic rings. The fourth-order valence-corrected chi connectivity index (χ4v) is 2.52. The van der Waals surface area contributed by atoms with Crippen molar-refractivity contribution in [2.75, 3.05) is 0 Å². The number of hydrogen-bond acceptors (Lipinski definition) is 2. The Morgan fingerprint density at radius 3 is 1.15 bits per heavy atom. The van der Waals surface area contributed by atoms with Gasteiger partial charge in [0.15, 0.2) is 0 Å². The van der Waals surface area contributed by atoms with E-state index in [2.05, 4.69) is 0 Å². The van der Waals surface area contributed by atoms with Gasteiger partial charge in [-0.15, -0.1) is 4.91 Å². The first-order valence-corrected chi connectivity index (χ1v) is 7.99. The Morgan fingerprint density at radius 1 is 0.650 bits per heavy atom. The highest BCUT2D eigenvalue weighted by molar-refractivity contribution is 8.46. The zero-order valence-electron chi connectivity index (χ0n) is 8.68. The van der Waals surface area contributed by atoms with E-state index in [0.717, 1.165) is 0 Å². The Bertz CT molecular complexity index is 552. The van der Waals surface area contributed by atoms with Gasteiger partial charge >= 0.3 is 20.4 Å². The van der Waals surface area contributed by atoms with Gasteiger partial charge in [-0.3, -0.25) is 0 Å². The van der Waals surface area contributed by atoms with Crippen LogP contribution < -0.4 is 0 Å². The maximum absolute atomic E-state index is 12.3. The summed E-state index contributed by atoms with van der Waals surface area (Å²) in [7, 11) is -21.4. The summed E-state index contributed by atoms with van der Waals surface area (Å²) in [6.07, 6.45) is 0. The van der Waals surface area contributed by atoms with Crippen molar-refractivity contribution in [1.29, 1.82) is 0 Å². The lowest BCUT2D eigenvalue weighted by Crippen LogP contribution is -2.10. The van der Waals surface area contributed by atoms with Gasteiger partial charge in [0.2, 0.25) is 0 Å². The number of nitroso groups, excluding NO2 is 1. The molecule has 0 N–H and O–H groups in total. The molecule has 120 valence electrons. The van der Waals surface area contributed by atoms with Crippen LogP contribution in [0.5, 0.6) is 0 Å². The maximum atomic E-state index is 12.3. The molecule has 0 saturated carbocycles. The molecule has 1 aromatic carbocycles. The first-order valence-electron chi connectivity index (χ1n) is 4.09. The topological polar surface area (TPSA) is 29.4 Å². The highest BCUT2D eigenvalue weighted by Crippen LogP contribution is 3.05. The summed E-state index contributed by atoms with van der Waals surface area (Å²) in [5.41, 5.74) is -1.85. The highest BCUT2D eigenvalue weighted by Gasteiger charge is 2.69. The predicted octanol–water partition coefficient (Wildman–Crippen LogP) is 7.40. The molecule has 0 aliphatic carbocycles. The molecule has 0 radical (unpaired) electrons. The van der Waals surface area contributed by atoms with Gasteiger partial charge < -0.3 is 0 Å². The minimum absolute atomic E-state index is 0.735. The number of benzene rings is 1. The van der Waals surface area contributed by atoms with E-state index in [1.807, 2.05) is 0 Å². The Kier molecular flexibility index (Phi) is 2.43. The van der Waals surface area contributed by atoms with Crippen LogP contribution in [0, 0.1) is 4.91 Å². The summed E-state index contributed by atoms with van der Waals surface area (Å²) in [6, 6.07) is -2.90. The molecule has 1 rings (SSSR count). The fourth-order valence-electron chi connectivity index (χ4n) is 1.05. The van der Waals surface area contributed by atoms with E-state index in [1.54, 1.807) is 5.18 Å². The summed E-state index contributed by atoms with van der Waals surface area (Å²) >= 11 is 0. The molecule has 2 nitrogen and oxygen atoms in total. The minimum atomic E-state index is -10.7. The van der Waals surface area contributed by atoms with Crippen LogP contribution in [0.25, 0.3) is 0 Å². The molecular weight excluding hydrogens is 356 g/mol. The van der Waals surface area contributed by atoms with Crippen LogP contribution in [-0.2, 0) is 0 Å². The smallest absolute Gasteiger partial charge is 0.145 e. The lowest BCUT2D eigenvalue weighted by Gasteiger charge is -2.43. The maximum Gasteiger partial charge on any atom is 0.310 e. The summed E-state index contributed by atoms with van der Waals surface area (Å²) < 4.78 is 123. The molecule has 0 heterocycles. The second kappa shape index (κ2) is 2.88. The monoisotopic (exact) mass is 359 g/mol. The van der Waals surface area contributed by atoms with Crippen LogP contribution >= 0.6 is 20.4 Å². The first kappa shape index (κ1) is 16.9. The van der Waals surface area contributed by atoms with Crippen LogP contribution in [-0.4, -0.2) is 0 Å². The molecule has 0 bridgehead atoms. The standard InChI is InChI=1S/C6H3F10NOS2/c7-19(8,9,10,11)5-1-4(17-18)2-6(3-5)20(12,13,14,15)16/h1-3H. The van der Waals surface area contributed by atoms with Crippen molar-refractivity contribution >= 4 is 26.1 Å². The van der Waals surface area contributed by atoms with Gasteiger partial charge in [0.25, 0.3) is 0 Å². The van der Waals surface area contributed by atoms with E-state index in [0.29, 0.717) is 0 Å². The van der Waals surface area contributed by atoms with Crippen molar-refractivity contribution < 1.29 is 38.9 Å². The van der Waals surface area contributed by atoms with Crippen LogP contribution in [0.15, 0.2) is 33.2 Å². The van der Waals surface area contributed by atoms with Crippen molar-refractivity contribution in [3.8, 4) is 0 Å². The first-order chi connectivity index (χ1) is 8.12. The third kappa shape index (κ3) is 3.91. The molecule has 0 aliphatic heterocycles. The largest absolute Gasteiger partial charge is 0.310 e. The number of rotatable bonds is 3. The van der Waals surface area contributed by atoms with Gasteiger partial charge in [-0.1, -0.05) is 38.9 Å². The minimum Gasteiger partial charge on any atom is -0.145 e. The molecule has 0 unspecified atom stereocenters. The zero-order valence-corrected chi connectivity index (χ0v) is 10.3. The number of nitrogens with zero attached hydrogens (tertiary/aromatic N) is 1. The van der Waals surface area contributed by atoms with E-state index in [9.17, 15) is 43.8 Å². The lowest BCUT2D eigenvalue weighted by molar-refractivity contribution is 0.360. The lowest BCUT2D eigenvalue weighted by atomic mass is 10.3. The quantitative estimate of drug-likeness (QED) is 0.408. The van der Waals surface area contributed by atoms with Crippen LogP contribution in [0.4, 0.5) is 44.5 Å². The molecule has 14 heteroatoms. The van der Waals surface area contributed by atoms with E-state index < -0.39 is 54.1 Å². The van der Waals surface area contributed by atoms with Crippen molar-refractivity contribution in [2.24, 2.45) is 5.18 Å². The summed E-state index contributed by atoms with van der Waals surface area (Å²) in [5, 5.41) is 1.56. The molecule has 0 fully saturated rings. The van der Waals surface area contributed by atoms with Crippen molar-refractivity contribution in [3.05, 3.63) is 23.1 Å². The van der Waals surface area contributed by atoms with E-state index >= 15 is 0 Å². The fraction of sp³-hybridized carbons (Fsp3) is 0. The average molecular weight is 359 g/mol. The van der Waals surface area contributed by atoms with Gasteiger partial charge in [0.1, 0.15) is 15.5 Å². The Morgan fingerprint density at radius 2 is 0.950 bits per heavy atom. The molecule has 0 saturated heterocycles. The Balaban J connectivity index is 3.87. The van der Waals surface area contributed by atoms with Gasteiger partial charge in [-0.2, -0.15) is 0 Å². The van der Waals surface area contributed by atoms with Crippen LogP contribution in [0.2, 0.25) is 0 Å². The van der Waals surface area contributed by atoms with E-state index in [-0.39, 0.29) is 0 Å². The van der Waals surface area contributed by atoms with Gasteiger partial charge in [-0.25, -0.2) is 0 Å². The SMILES string of the molecule is O=Nc1cc(S(F)(F)(F)(F)F)cc(S(F)(F)(F)(F)F)c1. The Hall–Kier alpha value is -1.18. The second-order valence-corrected chi connectivity index (χ2v) is 8.51. The van der Waals surface area contributed by atoms with Gasteiger partial charge in [0, 0.05) is 0 Å². The number of hydrogen-bond donors (Lipinski definition) is 0. The second-order valence-electron chi connectivity index (χ2n) is 3.69. The van der Waals surface area contributed by atoms with Crippen molar-refractivity contribution in [2.45, 2.75) is 9.79 Å². The zero-order chi connectivity index (χ0) is 16.4. The normalized spacial score (nSPS) is 20.3. The van der Waals surface area contributed by atoms with Gasteiger partial charge in [0.05, 0.1) is 0 Å². The third-order valence-electron chi connectivity index (χ3n) is 1.86. The molecular formula is C6H3F10NOS2. The highest BCUT2D eigenvalue weighted by atomic mass is 32.5. The van der Waals surface area contributed by atoms with Crippen molar-refractivity contribution in [3.63, 3.8) is 0 Å². The number of halogens is 10. The van der Waals surface area contributed by atoms with Crippen LogP contribution in [0.3, 0.4) is 0 Å². The molecule has 0 spiro atoms. The molecule has 0 atom stereocenters. The molecule has 20 heavy (non-hydrogen) atoms. The van der Waals surface area contributed by atoms with E-state index in [4.69, 9.17) is 0 Å². The average Bonchev–Trinajstić information content (AvgIpc) is 2.10. The van der Waals surface area contributed by atoms with E-state index in [1.165, 1.54) is 0 Å². The molecule has 0 amide bonds. The predicted molar refractivity (Wildman–Crippen MR) is 54.7 cm³/mol. The Labute approximate surface area is 104 Å². The summed E-state index contributed by atoms with van der Waals surface area (Å²) in [5.74, 6) is 0. The van der Waals surface area contributed by atoms with Crippen LogP contribution in [0.1, 0.15) is 0 Å².